The third-order valence-electron chi connectivity index (χ3n) is 3.31. The molecule has 0 aromatic heterocycles. The van der Waals surface area contributed by atoms with Gasteiger partial charge in [0, 0.05) is 13.1 Å². The second-order valence-electron chi connectivity index (χ2n) is 5.22. The predicted molar refractivity (Wildman–Crippen MR) is 75.4 cm³/mol. The number of nitrogens with one attached hydrogen (secondary N) is 1. The number of carbonyl (C=O) groups excluding carboxylic acids is 1. The van der Waals surface area contributed by atoms with Gasteiger partial charge in [-0.2, -0.15) is 11.8 Å². The summed E-state index contributed by atoms with van der Waals surface area (Å²) < 4.78 is 0. The molecule has 1 rings (SSSR count). The molecule has 1 aliphatic rings. The summed E-state index contributed by atoms with van der Waals surface area (Å²) in [6.45, 7) is 6.54. The minimum absolute atomic E-state index is 0.297. The van der Waals surface area contributed by atoms with Crippen molar-refractivity contribution in [1.82, 2.24) is 10.2 Å². The summed E-state index contributed by atoms with van der Waals surface area (Å²) in [6, 6.07) is 0.453. The number of hydrogen-bond donors (Lipinski definition) is 1. The Balaban J connectivity index is 2.17. The molecule has 4 heteroatoms. The normalized spacial score (nSPS) is 17.4. The Morgan fingerprint density at radius 3 is 2.65 bits per heavy atom. The number of hydrogen-bond acceptors (Lipinski definition) is 3. The molecule has 0 atom stereocenters. The van der Waals surface area contributed by atoms with E-state index in [1.807, 2.05) is 11.9 Å². The van der Waals surface area contributed by atoms with E-state index in [1.54, 1.807) is 11.8 Å². The molecule has 1 saturated heterocycles. The molecule has 0 saturated carbocycles. The molecule has 1 fully saturated rings. The van der Waals surface area contributed by atoms with Gasteiger partial charge in [0.1, 0.15) is 0 Å². The summed E-state index contributed by atoms with van der Waals surface area (Å²) in [4.78, 5) is 13.9. The van der Waals surface area contributed by atoms with E-state index in [1.165, 1.54) is 6.42 Å². The summed E-state index contributed by atoms with van der Waals surface area (Å²) in [5, 5.41) is 3.33. The molecule has 1 N–H and O–H groups in total. The van der Waals surface area contributed by atoms with Crippen molar-refractivity contribution < 1.29 is 4.79 Å². The van der Waals surface area contributed by atoms with Crippen molar-refractivity contribution in [3.63, 3.8) is 0 Å². The first-order valence-corrected chi connectivity index (χ1v) is 7.81. The number of thioether (sulfide) groups is 1. The Bertz CT molecular complexity index is 227. The summed E-state index contributed by atoms with van der Waals surface area (Å²) in [6.07, 6.45) is 3.40. The smallest absolute Gasteiger partial charge is 0.232 e. The Kier molecular flexibility index (Phi) is 6.97. The van der Waals surface area contributed by atoms with Gasteiger partial charge in [0.05, 0.1) is 5.75 Å². The van der Waals surface area contributed by atoms with Crippen LogP contribution < -0.4 is 5.32 Å². The lowest BCUT2D eigenvalue weighted by Gasteiger charge is -2.31. The molecule has 0 aliphatic carbocycles. The molecule has 1 heterocycles. The average molecular weight is 258 g/mol. The third-order valence-corrected chi connectivity index (χ3v) is 4.29. The molecule has 0 aromatic carbocycles. The molecule has 3 nitrogen and oxygen atoms in total. The fourth-order valence-electron chi connectivity index (χ4n) is 1.98. The van der Waals surface area contributed by atoms with Crippen molar-refractivity contribution >= 4 is 17.7 Å². The quantitative estimate of drug-likeness (QED) is 0.739. The first kappa shape index (κ1) is 14.8. The van der Waals surface area contributed by atoms with Crippen LogP contribution in [-0.2, 0) is 4.79 Å². The van der Waals surface area contributed by atoms with Crippen LogP contribution in [0.1, 0.15) is 33.1 Å². The first-order valence-electron chi connectivity index (χ1n) is 6.65. The van der Waals surface area contributed by atoms with Crippen molar-refractivity contribution in [2.75, 3.05) is 31.6 Å². The Morgan fingerprint density at radius 1 is 1.41 bits per heavy atom. The molecule has 0 radical (unpaired) electrons. The van der Waals surface area contributed by atoms with Gasteiger partial charge in [-0.25, -0.2) is 0 Å². The predicted octanol–water partition coefficient (Wildman–Crippen LogP) is 1.98. The molecular weight excluding hydrogens is 232 g/mol. The van der Waals surface area contributed by atoms with E-state index < -0.39 is 0 Å². The molecule has 100 valence electrons. The number of rotatable bonds is 6. The Hall–Kier alpha value is -0.220. The SMILES string of the molecule is CC(C)CCSCC(=O)N(C)C1CCNCC1. The molecule has 0 bridgehead atoms. The largest absolute Gasteiger partial charge is 0.342 e. The van der Waals surface area contributed by atoms with Crippen LogP contribution in [-0.4, -0.2) is 48.5 Å². The van der Waals surface area contributed by atoms with E-state index in [2.05, 4.69) is 19.2 Å². The Labute approximate surface area is 110 Å². The highest BCUT2D eigenvalue weighted by molar-refractivity contribution is 7.99. The topological polar surface area (TPSA) is 32.3 Å². The zero-order valence-corrected chi connectivity index (χ0v) is 12.2. The van der Waals surface area contributed by atoms with Crippen LogP contribution in [0, 0.1) is 5.92 Å². The third kappa shape index (κ3) is 5.77. The van der Waals surface area contributed by atoms with Crippen LogP contribution in [0.3, 0.4) is 0 Å². The second kappa shape index (κ2) is 7.98. The van der Waals surface area contributed by atoms with Crippen molar-refractivity contribution in [2.45, 2.75) is 39.2 Å². The minimum Gasteiger partial charge on any atom is -0.342 e. The molecular formula is C13H26N2OS. The van der Waals surface area contributed by atoms with Crippen LogP contribution >= 0.6 is 11.8 Å². The fraction of sp³-hybridized carbons (Fsp3) is 0.923. The fourth-order valence-corrected chi connectivity index (χ4v) is 3.14. The lowest BCUT2D eigenvalue weighted by atomic mass is 10.1. The van der Waals surface area contributed by atoms with Gasteiger partial charge in [-0.15, -0.1) is 0 Å². The van der Waals surface area contributed by atoms with Crippen LogP contribution in [0.15, 0.2) is 0 Å². The van der Waals surface area contributed by atoms with Gasteiger partial charge in [-0.05, 0) is 44.0 Å². The lowest BCUT2D eigenvalue weighted by Crippen LogP contribution is -2.44. The van der Waals surface area contributed by atoms with Crippen molar-refractivity contribution in [3.05, 3.63) is 0 Å². The number of amides is 1. The zero-order chi connectivity index (χ0) is 12.7. The van der Waals surface area contributed by atoms with Gasteiger partial charge in [-0.1, -0.05) is 13.8 Å². The maximum Gasteiger partial charge on any atom is 0.232 e. The van der Waals surface area contributed by atoms with Crippen LogP contribution in [0.2, 0.25) is 0 Å². The van der Waals surface area contributed by atoms with Gasteiger partial charge in [-0.3, -0.25) is 4.79 Å². The van der Waals surface area contributed by atoms with E-state index in [-0.39, 0.29) is 0 Å². The van der Waals surface area contributed by atoms with Gasteiger partial charge in [0.2, 0.25) is 5.91 Å². The van der Waals surface area contributed by atoms with E-state index in [0.29, 0.717) is 17.7 Å². The van der Waals surface area contributed by atoms with Gasteiger partial charge < -0.3 is 10.2 Å². The van der Waals surface area contributed by atoms with Crippen molar-refractivity contribution in [2.24, 2.45) is 5.92 Å². The van der Waals surface area contributed by atoms with Crippen molar-refractivity contribution in [1.29, 1.82) is 0 Å². The monoisotopic (exact) mass is 258 g/mol. The van der Waals surface area contributed by atoms with E-state index in [4.69, 9.17) is 0 Å². The number of nitrogens with zero attached hydrogens (tertiary/aromatic N) is 1. The molecule has 0 unspecified atom stereocenters. The van der Waals surface area contributed by atoms with Crippen molar-refractivity contribution in [3.8, 4) is 0 Å². The molecule has 17 heavy (non-hydrogen) atoms. The standard InChI is InChI=1S/C13H26N2OS/c1-11(2)6-9-17-10-13(16)15(3)12-4-7-14-8-5-12/h11-12,14H,4-10H2,1-3H3. The maximum atomic E-state index is 12.0. The number of piperidine rings is 1. The first-order chi connectivity index (χ1) is 8.11. The lowest BCUT2D eigenvalue weighted by molar-refractivity contribution is -0.129. The molecule has 1 amide bonds. The van der Waals surface area contributed by atoms with Crippen LogP contribution in [0.4, 0.5) is 0 Å². The summed E-state index contributed by atoms with van der Waals surface area (Å²) >= 11 is 1.78. The Morgan fingerprint density at radius 2 is 2.06 bits per heavy atom. The summed E-state index contributed by atoms with van der Waals surface area (Å²) in [5.74, 6) is 2.78. The highest BCUT2D eigenvalue weighted by Gasteiger charge is 2.21. The second-order valence-corrected chi connectivity index (χ2v) is 6.33. The maximum absolute atomic E-state index is 12.0. The van der Waals surface area contributed by atoms with E-state index in [0.717, 1.165) is 37.6 Å². The van der Waals surface area contributed by atoms with E-state index in [9.17, 15) is 4.79 Å². The summed E-state index contributed by atoms with van der Waals surface area (Å²) in [5.41, 5.74) is 0. The molecule has 0 spiro atoms. The van der Waals surface area contributed by atoms with Crippen LogP contribution in [0.25, 0.3) is 0 Å². The van der Waals surface area contributed by atoms with Crippen LogP contribution in [0.5, 0.6) is 0 Å². The highest BCUT2D eigenvalue weighted by atomic mass is 32.2. The van der Waals surface area contributed by atoms with Gasteiger partial charge in [0.25, 0.3) is 0 Å². The summed E-state index contributed by atoms with van der Waals surface area (Å²) in [7, 11) is 1.96. The molecule has 0 aromatic rings. The zero-order valence-electron chi connectivity index (χ0n) is 11.4. The van der Waals surface area contributed by atoms with Gasteiger partial charge >= 0.3 is 0 Å². The molecule has 1 aliphatic heterocycles. The minimum atomic E-state index is 0.297. The average Bonchev–Trinajstić information content (AvgIpc) is 2.34. The highest BCUT2D eigenvalue weighted by Crippen LogP contribution is 2.13. The number of carbonyl (C=O) groups is 1. The van der Waals surface area contributed by atoms with Gasteiger partial charge in [0.15, 0.2) is 0 Å². The van der Waals surface area contributed by atoms with E-state index >= 15 is 0 Å².